The molecule has 0 amide bonds. The Kier molecular flexibility index (Phi) is 3.50. The van der Waals surface area contributed by atoms with Crippen LogP contribution in [0.3, 0.4) is 0 Å². The summed E-state index contributed by atoms with van der Waals surface area (Å²) >= 11 is 0. The standard InChI is InChI=1S/C25H19N/c26-16-17-6-5-8-19(14-17)24-15-25-20-9-2-1-7-18(20)12-13-23(25)21-10-3-4-11-22(21)24/h3-6,8,10-15H,1-2,7,9H2. The number of benzene rings is 4. The Morgan fingerprint density at radius 3 is 2.38 bits per heavy atom. The minimum absolute atomic E-state index is 0.710. The first-order valence-electron chi connectivity index (χ1n) is 9.32. The maximum Gasteiger partial charge on any atom is 0.0991 e. The second-order valence-corrected chi connectivity index (χ2v) is 7.17. The first-order chi connectivity index (χ1) is 12.8. The number of rotatable bonds is 1. The second-order valence-electron chi connectivity index (χ2n) is 7.17. The van der Waals surface area contributed by atoms with Crippen LogP contribution >= 0.6 is 0 Å². The molecule has 5 rings (SSSR count). The van der Waals surface area contributed by atoms with Crippen molar-refractivity contribution >= 4 is 21.5 Å². The van der Waals surface area contributed by atoms with Crippen LogP contribution in [-0.2, 0) is 12.8 Å². The molecule has 0 atom stereocenters. The van der Waals surface area contributed by atoms with Gasteiger partial charge in [0, 0.05) is 0 Å². The normalized spacial score (nSPS) is 13.5. The number of hydrogen-bond acceptors (Lipinski definition) is 1. The summed E-state index contributed by atoms with van der Waals surface area (Å²) in [7, 11) is 0. The molecular formula is C25H19N. The van der Waals surface area contributed by atoms with Gasteiger partial charge >= 0.3 is 0 Å². The van der Waals surface area contributed by atoms with Crippen molar-refractivity contribution in [2.24, 2.45) is 0 Å². The van der Waals surface area contributed by atoms with Crippen molar-refractivity contribution in [1.82, 2.24) is 0 Å². The number of hydrogen-bond donors (Lipinski definition) is 0. The van der Waals surface area contributed by atoms with Gasteiger partial charge in [-0.05, 0) is 87.7 Å². The zero-order chi connectivity index (χ0) is 17.5. The summed E-state index contributed by atoms with van der Waals surface area (Å²) in [6.45, 7) is 0. The second kappa shape index (κ2) is 6.00. The molecule has 0 unspecified atom stereocenters. The van der Waals surface area contributed by atoms with Gasteiger partial charge in [0.1, 0.15) is 0 Å². The molecule has 1 aliphatic rings. The molecule has 0 fully saturated rings. The zero-order valence-electron chi connectivity index (χ0n) is 14.6. The number of fused-ring (bicyclic) bond motifs is 5. The maximum absolute atomic E-state index is 9.30. The van der Waals surface area contributed by atoms with Crippen molar-refractivity contribution in [3.05, 3.63) is 83.4 Å². The minimum Gasteiger partial charge on any atom is -0.192 e. The van der Waals surface area contributed by atoms with E-state index in [9.17, 15) is 5.26 Å². The highest BCUT2D eigenvalue weighted by atomic mass is 14.2. The van der Waals surface area contributed by atoms with Crippen LogP contribution in [0, 0.1) is 11.3 Å². The molecule has 1 aliphatic carbocycles. The Bertz CT molecular complexity index is 1190. The Hall–Kier alpha value is -3.11. The SMILES string of the molecule is N#Cc1cccc(-c2cc3c4c(ccc3c3ccccc23)CCCC4)c1. The average molecular weight is 333 g/mol. The molecule has 124 valence electrons. The van der Waals surface area contributed by atoms with Gasteiger partial charge in [0.05, 0.1) is 11.6 Å². The molecule has 1 nitrogen and oxygen atoms in total. The molecule has 0 aliphatic heterocycles. The van der Waals surface area contributed by atoms with E-state index in [0.717, 1.165) is 5.56 Å². The Labute approximate surface area is 153 Å². The molecule has 0 saturated carbocycles. The first-order valence-corrected chi connectivity index (χ1v) is 9.32. The van der Waals surface area contributed by atoms with Gasteiger partial charge in [0.15, 0.2) is 0 Å². The van der Waals surface area contributed by atoms with Crippen molar-refractivity contribution in [2.75, 3.05) is 0 Å². The molecular weight excluding hydrogens is 314 g/mol. The van der Waals surface area contributed by atoms with Gasteiger partial charge in [-0.25, -0.2) is 0 Å². The topological polar surface area (TPSA) is 23.8 Å². The third-order valence-corrected chi connectivity index (χ3v) is 5.68. The molecule has 26 heavy (non-hydrogen) atoms. The van der Waals surface area contributed by atoms with E-state index in [4.69, 9.17) is 0 Å². The van der Waals surface area contributed by atoms with E-state index in [1.54, 1.807) is 0 Å². The maximum atomic E-state index is 9.30. The van der Waals surface area contributed by atoms with Gasteiger partial charge in [-0.2, -0.15) is 5.26 Å². The molecule has 0 N–H and O–H groups in total. The third-order valence-electron chi connectivity index (χ3n) is 5.68. The van der Waals surface area contributed by atoms with E-state index in [0.29, 0.717) is 5.56 Å². The van der Waals surface area contributed by atoms with Gasteiger partial charge in [-0.15, -0.1) is 0 Å². The largest absolute Gasteiger partial charge is 0.192 e. The summed E-state index contributed by atoms with van der Waals surface area (Å²) < 4.78 is 0. The minimum atomic E-state index is 0.710. The van der Waals surface area contributed by atoms with E-state index in [1.165, 1.54) is 63.9 Å². The summed E-state index contributed by atoms with van der Waals surface area (Å²) in [5.74, 6) is 0. The van der Waals surface area contributed by atoms with E-state index in [1.807, 2.05) is 18.2 Å². The Balaban J connectivity index is 1.91. The fourth-order valence-electron chi connectivity index (χ4n) is 4.43. The number of nitrogens with zero attached hydrogens (tertiary/aromatic N) is 1. The molecule has 0 spiro atoms. The lowest BCUT2D eigenvalue weighted by molar-refractivity contribution is 0.690. The van der Waals surface area contributed by atoms with Gasteiger partial charge in [0.25, 0.3) is 0 Å². The molecule has 4 aromatic carbocycles. The predicted octanol–water partition coefficient (Wildman–Crippen LogP) is 6.41. The fourth-order valence-corrected chi connectivity index (χ4v) is 4.43. The van der Waals surface area contributed by atoms with Crippen molar-refractivity contribution in [2.45, 2.75) is 25.7 Å². The monoisotopic (exact) mass is 333 g/mol. The van der Waals surface area contributed by atoms with Crippen LogP contribution in [0.4, 0.5) is 0 Å². The van der Waals surface area contributed by atoms with Crippen molar-refractivity contribution in [1.29, 1.82) is 5.26 Å². The summed E-state index contributed by atoms with van der Waals surface area (Å²) in [4.78, 5) is 0. The summed E-state index contributed by atoms with van der Waals surface area (Å²) in [5.41, 5.74) is 6.09. The number of aryl methyl sites for hydroxylation is 2. The van der Waals surface area contributed by atoms with Crippen LogP contribution in [0.2, 0.25) is 0 Å². The zero-order valence-corrected chi connectivity index (χ0v) is 14.6. The lowest BCUT2D eigenvalue weighted by atomic mass is 9.84. The highest BCUT2D eigenvalue weighted by molar-refractivity contribution is 6.14. The fraction of sp³-hybridized carbons (Fsp3) is 0.160. The van der Waals surface area contributed by atoms with Crippen LogP contribution < -0.4 is 0 Å². The summed E-state index contributed by atoms with van der Waals surface area (Å²) in [6, 6.07) is 25.9. The predicted molar refractivity (Wildman–Crippen MR) is 108 cm³/mol. The summed E-state index contributed by atoms with van der Waals surface area (Å²) in [5, 5.41) is 14.6. The number of nitriles is 1. The van der Waals surface area contributed by atoms with Gasteiger partial charge in [-0.1, -0.05) is 48.5 Å². The quantitative estimate of drug-likeness (QED) is 0.369. The smallest absolute Gasteiger partial charge is 0.0991 e. The molecule has 0 saturated heterocycles. The highest BCUT2D eigenvalue weighted by Gasteiger charge is 2.16. The lowest BCUT2D eigenvalue weighted by Crippen LogP contribution is -2.03. The molecule has 0 bridgehead atoms. The molecule has 0 heterocycles. The van der Waals surface area contributed by atoms with E-state index >= 15 is 0 Å². The summed E-state index contributed by atoms with van der Waals surface area (Å²) in [6.07, 6.45) is 4.93. The first kappa shape index (κ1) is 15.2. The average Bonchev–Trinajstić information content (AvgIpc) is 2.73. The van der Waals surface area contributed by atoms with Crippen LogP contribution in [0.1, 0.15) is 29.5 Å². The van der Waals surface area contributed by atoms with Gasteiger partial charge < -0.3 is 0 Å². The Morgan fingerprint density at radius 2 is 1.50 bits per heavy atom. The lowest BCUT2D eigenvalue weighted by Gasteiger charge is -2.20. The van der Waals surface area contributed by atoms with Crippen LogP contribution in [0.5, 0.6) is 0 Å². The van der Waals surface area contributed by atoms with Gasteiger partial charge in [0.2, 0.25) is 0 Å². The van der Waals surface area contributed by atoms with Crippen LogP contribution in [-0.4, -0.2) is 0 Å². The molecule has 4 aromatic rings. The van der Waals surface area contributed by atoms with E-state index < -0.39 is 0 Å². The Morgan fingerprint density at radius 1 is 0.692 bits per heavy atom. The van der Waals surface area contributed by atoms with E-state index in [2.05, 4.69) is 54.6 Å². The van der Waals surface area contributed by atoms with Crippen LogP contribution in [0.15, 0.2) is 66.7 Å². The highest BCUT2D eigenvalue weighted by Crippen LogP contribution is 2.38. The molecule has 0 radical (unpaired) electrons. The van der Waals surface area contributed by atoms with Crippen molar-refractivity contribution in [3.63, 3.8) is 0 Å². The van der Waals surface area contributed by atoms with Crippen molar-refractivity contribution < 1.29 is 0 Å². The molecule has 0 aromatic heterocycles. The molecule has 1 heteroatoms. The third kappa shape index (κ3) is 2.30. The van der Waals surface area contributed by atoms with Crippen LogP contribution in [0.25, 0.3) is 32.7 Å². The van der Waals surface area contributed by atoms with E-state index in [-0.39, 0.29) is 0 Å². The van der Waals surface area contributed by atoms with Crippen molar-refractivity contribution in [3.8, 4) is 17.2 Å². The van der Waals surface area contributed by atoms with Gasteiger partial charge in [-0.3, -0.25) is 0 Å².